The van der Waals surface area contributed by atoms with E-state index in [1.54, 1.807) is 22.9 Å². The third-order valence-electron chi connectivity index (χ3n) is 5.04. The highest BCUT2D eigenvalue weighted by Gasteiger charge is 2.27. The lowest BCUT2D eigenvalue weighted by Crippen LogP contribution is -2.28. The number of aryl methyl sites for hydroxylation is 2. The number of hydrogen-bond donors (Lipinski definition) is 1. The lowest BCUT2D eigenvalue weighted by atomic mass is 10.1. The van der Waals surface area contributed by atoms with Gasteiger partial charge in [0.25, 0.3) is 0 Å². The highest BCUT2D eigenvalue weighted by atomic mass is 32.2. The molecule has 1 aliphatic rings. The summed E-state index contributed by atoms with van der Waals surface area (Å²) in [4.78, 5) is 12.7. The van der Waals surface area contributed by atoms with Crippen LogP contribution in [0, 0.1) is 13.8 Å². The maximum absolute atomic E-state index is 12.8. The van der Waals surface area contributed by atoms with E-state index in [2.05, 4.69) is 26.9 Å². The van der Waals surface area contributed by atoms with Crippen LogP contribution in [-0.2, 0) is 14.8 Å². The molecule has 1 amide bonds. The molecule has 1 fully saturated rings. The summed E-state index contributed by atoms with van der Waals surface area (Å²) in [6, 6.07) is 12.4. The van der Waals surface area contributed by atoms with Crippen molar-refractivity contribution < 1.29 is 13.2 Å². The van der Waals surface area contributed by atoms with Gasteiger partial charge in [-0.2, -0.15) is 8.99 Å². The minimum absolute atomic E-state index is 0.0777. The number of carbonyl (C=O) groups is 1. The molecule has 2 heterocycles. The van der Waals surface area contributed by atoms with E-state index >= 15 is 0 Å². The summed E-state index contributed by atoms with van der Waals surface area (Å²) >= 11 is 1.21. The van der Waals surface area contributed by atoms with Crippen molar-refractivity contribution in [1.82, 2.24) is 24.5 Å². The fourth-order valence-electron chi connectivity index (χ4n) is 3.64. The molecular formula is C21H24N6O3S2. The van der Waals surface area contributed by atoms with Gasteiger partial charge in [-0.3, -0.25) is 4.79 Å². The van der Waals surface area contributed by atoms with Gasteiger partial charge in [-0.05, 0) is 78.6 Å². The zero-order valence-corrected chi connectivity index (χ0v) is 19.5. The summed E-state index contributed by atoms with van der Waals surface area (Å²) in [6.07, 6.45) is 1.74. The third-order valence-corrected chi connectivity index (χ3v) is 7.86. The van der Waals surface area contributed by atoms with Gasteiger partial charge in [0.2, 0.25) is 21.1 Å². The summed E-state index contributed by atoms with van der Waals surface area (Å²) in [6.45, 7) is 5.06. The van der Waals surface area contributed by atoms with Crippen LogP contribution in [0.1, 0.15) is 24.0 Å². The largest absolute Gasteiger partial charge is 0.325 e. The third kappa shape index (κ3) is 5.00. The molecule has 2 aromatic carbocycles. The Labute approximate surface area is 191 Å². The van der Waals surface area contributed by atoms with Crippen molar-refractivity contribution >= 4 is 33.4 Å². The summed E-state index contributed by atoms with van der Waals surface area (Å²) in [5.74, 6) is -0.199. The van der Waals surface area contributed by atoms with Gasteiger partial charge < -0.3 is 5.32 Å². The number of anilines is 1. The Morgan fingerprint density at radius 3 is 2.53 bits per heavy atom. The van der Waals surface area contributed by atoms with E-state index in [1.165, 1.54) is 22.1 Å². The van der Waals surface area contributed by atoms with Gasteiger partial charge in [-0.25, -0.2) is 8.42 Å². The van der Waals surface area contributed by atoms with Crippen molar-refractivity contribution in [1.29, 1.82) is 0 Å². The molecule has 0 aliphatic carbocycles. The standard InChI is InChI=1S/C21H24N6O3S2/c1-15-10-16(2)12-18(11-15)27-21(23-24-25-27)31-14-20(28)22-17-6-5-7-19(13-17)32(29,30)26-8-3-4-9-26/h5-7,10-13H,3-4,8-9,14H2,1-2H3,(H,22,28). The summed E-state index contributed by atoms with van der Waals surface area (Å²) in [7, 11) is -3.54. The Kier molecular flexibility index (Phi) is 6.58. The predicted molar refractivity (Wildman–Crippen MR) is 122 cm³/mol. The Morgan fingerprint density at radius 1 is 1.09 bits per heavy atom. The quantitative estimate of drug-likeness (QED) is 0.527. The second-order valence-electron chi connectivity index (χ2n) is 7.70. The number of rotatable bonds is 7. The maximum Gasteiger partial charge on any atom is 0.243 e. The average Bonchev–Trinajstić information content (AvgIpc) is 3.44. The van der Waals surface area contributed by atoms with Crippen LogP contribution in [0.4, 0.5) is 5.69 Å². The second kappa shape index (κ2) is 9.39. The lowest BCUT2D eigenvalue weighted by molar-refractivity contribution is -0.113. The first kappa shape index (κ1) is 22.4. The molecule has 1 aromatic heterocycles. The van der Waals surface area contributed by atoms with Crippen molar-refractivity contribution in [3.8, 4) is 5.69 Å². The minimum Gasteiger partial charge on any atom is -0.325 e. The van der Waals surface area contributed by atoms with Crippen molar-refractivity contribution in [2.45, 2.75) is 36.7 Å². The van der Waals surface area contributed by atoms with Crippen LogP contribution in [0.15, 0.2) is 52.5 Å². The van der Waals surface area contributed by atoms with Gasteiger partial charge in [0.1, 0.15) is 0 Å². The van der Waals surface area contributed by atoms with Gasteiger partial charge in [0.05, 0.1) is 16.3 Å². The van der Waals surface area contributed by atoms with Crippen LogP contribution in [0.2, 0.25) is 0 Å². The Hall–Kier alpha value is -2.76. The smallest absolute Gasteiger partial charge is 0.243 e. The zero-order valence-electron chi connectivity index (χ0n) is 17.9. The Morgan fingerprint density at radius 2 is 1.81 bits per heavy atom. The van der Waals surface area contributed by atoms with Gasteiger partial charge in [-0.15, -0.1) is 5.10 Å². The highest BCUT2D eigenvalue weighted by molar-refractivity contribution is 7.99. The van der Waals surface area contributed by atoms with Crippen molar-refractivity contribution in [2.24, 2.45) is 0 Å². The number of thioether (sulfide) groups is 1. The van der Waals surface area contributed by atoms with E-state index in [0.717, 1.165) is 29.7 Å². The first-order chi connectivity index (χ1) is 15.3. The number of benzene rings is 2. The van der Waals surface area contributed by atoms with Crippen molar-refractivity contribution in [3.63, 3.8) is 0 Å². The topological polar surface area (TPSA) is 110 Å². The molecule has 1 saturated heterocycles. The van der Waals surface area contributed by atoms with Crippen LogP contribution in [-0.4, -0.2) is 57.7 Å². The number of amides is 1. The van der Waals surface area contributed by atoms with Gasteiger partial charge in [-0.1, -0.05) is 23.9 Å². The Bertz CT molecular complexity index is 1220. The molecule has 32 heavy (non-hydrogen) atoms. The molecule has 0 bridgehead atoms. The average molecular weight is 473 g/mol. The van der Waals surface area contributed by atoms with E-state index in [0.29, 0.717) is 23.9 Å². The number of tetrazole rings is 1. The highest BCUT2D eigenvalue weighted by Crippen LogP contribution is 2.24. The summed E-state index contributed by atoms with van der Waals surface area (Å²) < 4.78 is 28.6. The molecule has 1 N–H and O–H groups in total. The zero-order chi connectivity index (χ0) is 22.7. The van der Waals surface area contributed by atoms with Crippen molar-refractivity contribution in [3.05, 3.63) is 53.6 Å². The SMILES string of the molecule is Cc1cc(C)cc(-n2nnnc2SCC(=O)Nc2cccc(S(=O)(=O)N3CCCC3)c2)c1. The van der Waals surface area contributed by atoms with Gasteiger partial charge in [0.15, 0.2) is 0 Å². The van der Waals surface area contributed by atoms with Gasteiger partial charge >= 0.3 is 0 Å². The molecule has 1 aliphatic heterocycles. The molecule has 4 rings (SSSR count). The van der Waals surface area contributed by atoms with E-state index in [9.17, 15) is 13.2 Å². The normalized spacial score (nSPS) is 14.6. The summed E-state index contributed by atoms with van der Waals surface area (Å²) in [5.41, 5.74) is 3.45. The molecule has 11 heteroatoms. The van der Waals surface area contributed by atoms with Gasteiger partial charge in [0, 0.05) is 18.8 Å². The molecule has 0 radical (unpaired) electrons. The molecule has 0 spiro atoms. The fraction of sp³-hybridized carbons (Fsp3) is 0.333. The van der Waals surface area contributed by atoms with Crippen molar-refractivity contribution in [2.75, 3.05) is 24.2 Å². The number of carbonyl (C=O) groups excluding carboxylic acids is 1. The molecule has 168 valence electrons. The van der Waals surface area contributed by atoms with Crippen LogP contribution in [0.5, 0.6) is 0 Å². The molecule has 9 nitrogen and oxygen atoms in total. The monoisotopic (exact) mass is 472 g/mol. The number of nitrogens with zero attached hydrogens (tertiary/aromatic N) is 5. The lowest BCUT2D eigenvalue weighted by Gasteiger charge is -2.16. The second-order valence-corrected chi connectivity index (χ2v) is 10.6. The number of hydrogen-bond acceptors (Lipinski definition) is 7. The van der Waals surface area contributed by atoms with E-state index in [-0.39, 0.29) is 16.6 Å². The fourth-order valence-corrected chi connectivity index (χ4v) is 5.90. The molecule has 0 atom stereocenters. The maximum atomic E-state index is 12.8. The van der Waals surface area contributed by atoms with E-state index in [1.807, 2.05) is 26.0 Å². The Balaban J connectivity index is 1.42. The summed E-state index contributed by atoms with van der Waals surface area (Å²) in [5, 5.41) is 15.1. The number of aromatic nitrogens is 4. The van der Waals surface area contributed by atoms with Crippen LogP contribution in [0.3, 0.4) is 0 Å². The van der Waals surface area contributed by atoms with Crippen LogP contribution in [0.25, 0.3) is 5.69 Å². The predicted octanol–water partition coefficient (Wildman–Crippen LogP) is 2.79. The number of sulfonamides is 1. The van der Waals surface area contributed by atoms with E-state index in [4.69, 9.17) is 0 Å². The van der Waals surface area contributed by atoms with Crippen LogP contribution >= 0.6 is 11.8 Å². The van der Waals surface area contributed by atoms with Crippen LogP contribution < -0.4 is 5.32 Å². The first-order valence-electron chi connectivity index (χ1n) is 10.2. The molecule has 0 saturated carbocycles. The first-order valence-corrected chi connectivity index (χ1v) is 12.7. The van der Waals surface area contributed by atoms with E-state index < -0.39 is 10.0 Å². The molecular weight excluding hydrogens is 448 g/mol. The minimum atomic E-state index is -3.54. The molecule has 0 unspecified atom stereocenters. The number of nitrogens with one attached hydrogen (secondary N) is 1. The molecule has 3 aromatic rings.